The summed E-state index contributed by atoms with van der Waals surface area (Å²) < 4.78 is 5.72. The molecule has 2 amide bonds. The Morgan fingerprint density at radius 1 is 1.07 bits per heavy atom. The van der Waals surface area contributed by atoms with Crippen molar-refractivity contribution in [1.29, 1.82) is 0 Å². The summed E-state index contributed by atoms with van der Waals surface area (Å²) in [7, 11) is 1.58. The highest BCUT2D eigenvalue weighted by Crippen LogP contribution is 2.17. The number of carbonyl (C=O) groups excluding carboxylic acids is 2. The maximum Gasteiger partial charge on any atom is 0.251 e. The highest BCUT2D eigenvalue weighted by Gasteiger charge is 2.10. The Morgan fingerprint density at radius 2 is 1.79 bits per heavy atom. The molecule has 0 aliphatic heterocycles. The normalized spacial score (nSPS) is 10.4. The van der Waals surface area contributed by atoms with Crippen molar-refractivity contribution < 1.29 is 14.3 Å². The Balaban J connectivity index is 1.50. The number of nitrogens with one attached hydrogen (secondary N) is 2. The van der Waals surface area contributed by atoms with E-state index in [0.717, 1.165) is 10.8 Å². The van der Waals surface area contributed by atoms with Crippen LogP contribution in [0.4, 0.5) is 5.69 Å². The monoisotopic (exact) mass is 395 g/mol. The Bertz CT molecular complexity index is 950. The fourth-order valence-corrected chi connectivity index (χ4v) is 3.20. The Hall–Kier alpha value is -3.19. The number of rotatable bonds is 7. The predicted octanol–water partition coefficient (Wildman–Crippen LogP) is 3.57. The van der Waals surface area contributed by atoms with Crippen LogP contribution in [-0.4, -0.2) is 23.8 Å². The minimum atomic E-state index is -0.166. The largest absolute Gasteiger partial charge is 0.486 e. The van der Waals surface area contributed by atoms with Crippen molar-refractivity contribution in [3.05, 3.63) is 75.7 Å². The van der Waals surface area contributed by atoms with Crippen molar-refractivity contribution in [2.45, 2.75) is 20.0 Å². The third kappa shape index (κ3) is 5.40. The summed E-state index contributed by atoms with van der Waals surface area (Å²) >= 11 is 1.47. The molecule has 28 heavy (non-hydrogen) atoms. The zero-order valence-corrected chi connectivity index (χ0v) is 16.5. The number of benzene rings is 2. The lowest BCUT2D eigenvalue weighted by molar-refractivity contribution is -0.115. The van der Waals surface area contributed by atoms with Crippen LogP contribution < -0.4 is 15.4 Å². The summed E-state index contributed by atoms with van der Waals surface area (Å²) in [5.74, 6) is 0.463. The van der Waals surface area contributed by atoms with Crippen molar-refractivity contribution in [1.82, 2.24) is 10.3 Å². The molecule has 0 bridgehead atoms. The molecule has 3 aromatic rings. The molecule has 144 valence electrons. The lowest BCUT2D eigenvalue weighted by Gasteiger charge is -2.05. The van der Waals surface area contributed by atoms with Gasteiger partial charge in [-0.05, 0) is 43.3 Å². The van der Waals surface area contributed by atoms with Crippen LogP contribution in [0.5, 0.6) is 5.75 Å². The number of aryl methyl sites for hydroxylation is 1. The molecule has 0 aliphatic rings. The molecule has 0 saturated carbocycles. The molecular weight excluding hydrogens is 374 g/mol. The summed E-state index contributed by atoms with van der Waals surface area (Å²) in [4.78, 5) is 28.2. The second-order valence-electron chi connectivity index (χ2n) is 6.22. The summed E-state index contributed by atoms with van der Waals surface area (Å²) in [5, 5.41) is 8.05. The maximum absolute atomic E-state index is 12.2. The highest BCUT2D eigenvalue weighted by molar-refractivity contribution is 7.09. The number of carbonyl (C=O) groups is 2. The zero-order valence-electron chi connectivity index (χ0n) is 15.7. The van der Waals surface area contributed by atoms with Gasteiger partial charge in [0.1, 0.15) is 17.4 Å². The van der Waals surface area contributed by atoms with Gasteiger partial charge in [-0.25, -0.2) is 4.98 Å². The van der Waals surface area contributed by atoms with E-state index in [-0.39, 0.29) is 18.2 Å². The molecule has 7 heteroatoms. The second kappa shape index (κ2) is 9.14. The van der Waals surface area contributed by atoms with E-state index < -0.39 is 0 Å². The van der Waals surface area contributed by atoms with Crippen LogP contribution in [0.15, 0.2) is 53.9 Å². The number of ether oxygens (including phenoxy) is 1. The Labute approximate surface area is 167 Å². The summed E-state index contributed by atoms with van der Waals surface area (Å²) in [6, 6.07) is 14.6. The minimum absolute atomic E-state index is 0.163. The van der Waals surface area contributed by atoms with E-state index in [2.05, 4.69) is 15.6 Å². The number of aromatic nitrogens is 1. The van der Waals surface area contributed by atoms with Crippen LogP contribution in [0, 0.1) is 6.92 Å². The average Bonchev–Trinajstić information content (AvgIpc) is 3.14. The van der Waals surface area contributed by atoms with E-state index in [1.807, 2.05) is 36.6 Å². The smallest absolute Gasteiger partial charge is 0.251 e. The van der Waals surface area contributed by atoms with E-state index in [0.29, 0.717) is 23.6 Å². The van der Waals surface area contributed by atoms with Gasteiger partial charge in [-0.1, -0.05) is 17.7 Å². The molecule has 0 unspecified atom stereocenters. The molecule has 2 N–H and O–H groups in total. The molecular formula is C21H21N3O3S. The molecule has 1 heterocycles. The molecule has 0 spiro atoms. The van der Waals surface area contributed by atoms with Gasteiger partial charge >= 0.3 is 0 Å². The summed E-state index contributed by atoms with van der Waals surface area (Å²) in [6.45, 7) is 2.40. The molecule has 0 saturated heterocycles. The van der Waals surface area contributed by atoms with Crippen molar-refractivity contribution in [2.75, 3.05) is 12.4 Å². The van der Waals surface area contributed by atoms with Crippen LogP contribution in [0.2, 0.25) is 0 Å². The van der Waals surface area contributed by atoms with Gasteiger partial charge in [0, 0.05) is 23.7 Å². The lowest BCUT2D eigenvalue weighted by Crippen LogP contribution is -2.18. The van der Waals surface area contributed by atoms with Gasteiger partial charge in [0.2, 0.25) is 5.91 Å². The molecule has 0 atom stereocenters. The minimum Gasteiger partial charge on any atom is -0.486 e. The lowest BCUT2D eigenvalue weighted by atomic mass is 10.2. The van der Waals surface area contributed by atoms with E-state index in [1.54, 1.807) is 31.3 Å². The third-order valence-corrected chi connectivity index (χ3v) is 4.85. The number of nitrogens with zero attached hydrogens (tertiary/aromatic N) is 1. The van der Waals surface area contributed by atoms with E-state index in [4.69, 9.17) is 4.74 Å². The van der Waals surface area contributed by atoms with Crippen LogP contribution in [0.25, 0.3) is 0 Å². The van der Waals surface area contributed by atoms with Crippen LogP contribution in [0.3, 0.4) is 0 Å². The second-order valence-corrected chi connectivity index (χ2v) is 7.16. The van der Waals surface area contributed by atoms with Crippen LogP contribution in [0.1, 0.15) is 26.6 Å². The van der Waals surface area contributed by atoms with Crippen molar-refractivity contribution in [3.63, 3.8) is 0 Å². The fourth-order valence-electron chi connectivity index (χ4n) is 2.49. The maximum atomic E-state index is 12.2. The average molecular weight is 395 g/mol. The van der Waals surface area contributed by atoms with Gasteiger partial charge in [0.25, 0.3) is 5.91 Å². The topological polar surface area (TPSA) is 80.3 Å². The first-order chi connectivity index (χ1) is 13.5. The molecule has 6 nitrogen and oxygen atoms in total. The first kappa shape index (κ1) is 19.6. The summed E-state index contributed by atoms with van der Waals surface area (Å²) in [6.07, 6.45) is 0.179. The quantitative estimate of drug-likeness (QED) is 0.641. The van der Waals surface area contributed by atoms with Gasteiger partial charge in [-0.15, -0.1) is 11.3 Å². The first-order valence-electron chi connectivity index (χ1n) is 8.78. The van der Waals surface area contributed by atoms with Gasteiger partial charge in [0.15, 0.2) is 0 Å². The number of amides is 2. The van der Waals surface area contributed by atoms with E-state index in [1.165, 1.54) is 16.9 Å². The number of hydrogen-bond donors (Lipinski definition) is 2. The highest BCUT2D eigenvalue weighted by atomic mass is 32.1. The Kier molecular flexibility index (Phi) is 6.39. The molecule has 2 aromatic carbocycles. The fraction of sp³-hybridized carbons (Fsp3) is 0.190. The Morgan fingerprint density at radius 3 is 2.46 bits per heavy atom. The standard InChI is InChI=1S/C21H21N3O3S/c1-14-3-9-18(10-4-14)27-12-20-24-17(13-28-20)11-19(25)23-16-7-5-15(6-8-16)21(26)22-2/h3-10,13H,11-12H2,1-2H3,(H,22,26)(H,23,25). The van der Waals surface area contributed by atoms with Crippen LogP contribution in [-0.2, 0) is 17.8 Å². The van der Waals surface area contributed by atoms with Gasteiger partial charge in [-0.3, -0.25) is 9.59 Å². The molecule has 0 aliphatic carbocycles. The van der Waals surface area contributed by atoms with E-state index in [9.17, 15) is 9.59 Å². The predicted molar refractivity (Wildman–Crippen MR) is 110 cm³/mol. The molecule has 0 fully saturated rings. The van der Waals surface area contributed by atoms with Crippen molar-refractivity contribution >= 4 is 28.8 Å². The number of anilines is 1. The van der Waals surface area contributed by atoms with Gasteiger partial charge in [-0.2, -0.15) is 0 Å². The van der Waals surface area contributed by atoms with Gasteiger partial charge < -0.3 is 15.4 Å². The SMILES string of the molecule is CNC(=O)c1ccc(NC(=O)Cc2csc(COc3ccc(C)cc3)n2)cc1. The zero-order chi connectivity index (χ0) is 19.9. The molecule has 3 rings (SSSR count). The first-order valence-corrected chi connectivity index (χ1v) is 9.66. The van der Waals surface area contributed by atoms with Crippen molar-refractivity contribution in [2.24, 2.45) is 0 Å². The van der Waals surface area contributed by atoms with Gasteiger partial charge in [0.05, 0.1) is 12.1 Å². The van der Waals surface area contributed by atoms with Crippen LogP contribution >= 0.6 is 11.3 Å². The molecule has 1 aromatic heterocycles. The molecule has 0 radical (unpaired) electrons. The van der Waals surface area contributed by atoms with E-state index >= 15 is 0 Å². The third-order valence-electron chi connectivity index (χ3n) is 3.98. The number of hydrogen-bond acceptors (Lipinski definition) is 5. The summed E-state index contributed by atoms with van der Waals surface area (Å²) in [5.41, 5.74) is 3.05. The number of thiazole rings is 1. The van der Waals surface area contributed by atoms with Crippen molar-refractivity contribution in [3.8, 4) is 5.75 Å².